The number of methoxy groups -OCH3 is 1. The van der Waals surface area contributed by atoms with Gasteiger partial charge in [-0.05, 0) is 41.5 Å². The van der Waals surface area contributed by atoms with Crippen LogP contribution in [0.25, 0.3) is 0 Å². The summed E-state index contributed by atoms with van der Waals surface area (Å²) in [5.41, 5.74) is -0.802. The second kappa shape index (κ2) is 9.91. The molecule has 0 saturated heterocycles. The summed E-state index contributed by atoms with van der Waals surface area (Å²) in [5, 5.41) is 11.4. The summed E-state index contributed by atoms with van der Waals surface area (Å²) in [6.07, 6.45) is -1.10. The maximum absolute atomic E-state index is 12.6. The minimum absolute atomic E-state index is 0.0893. The second-order valence-corrected chi connectivity index (χ2v) is 6.69. The van der Waals surface area contributed by atoms with Crippen molar-refractivity contribution in [1.82, 2.24) is 4.90 Å². The molecule has 156 valence electrons. The van der Waals surface area contributed by atoms with Crippen molar-refractivity contribution in [1.29, 1.82) is 0 Å². The van der Waals surface area contributed by atoms with Gasteiger partial charge in [0.05, 0.1) is 24.7 Å². The van der Waals surface area contributed by atoms with E-state index < -0.39 is 22.7 Å². The van der Waals surface area contributed by atoms with E-state index in [0.717, 1.165) is 6.07 Å². The van der Waals surface area contributed by atoms with Crippen molar-refractivity contribution in [2.45, 2.75) is 59.7 Å². The van der Waals surface area contributed by atoms with Crippen LogP contribution in [0.1, 0.15) is 51.9 Å². The molecule has 0 spiro atoms. The molecular formula is C19H28N2O7. The molecule has 9 heteroatoms. The van der Waals surface area contributed by atoms with E-state index in [1.807, 2.05) is 27.7 Å². The van der Waals surface area contributed by atoms with Gasteiger partial charge in [0, 0.05) is 18.2 Å². The zero-order valence-corrected chi connectivity index (χ0v) is 17.3. The summed E-state index contributed by atoms with van der Waals surface area (Å²) >= 11 is 0. The number of nitro groups is 1. The molecule has 0 aliphatic rings. The van der Waals surface area contributed by atoms with Crippen molar-refractivity contribution < 1.29 is 28.7 Å². The molecule has 0 bridgehead atoms. The van der Waals surface area contributed by atoms with Gasteiger partial charge in [-0.1, -0.05) is 0 Å². The SMILES string of the molecule is CCOc1cc([N+](=O)[O-])c(C(=O)O[C@H](C)C(=O)N(C(C)C)C(C)C)cc1OC. The number of amides is 1. The van der Waals surface area contributed by atoms with Crippen LogP contribution in [0.3, 0.4) is 0 Å². The molecule has 28 heavy (non-hydrogen) atoms. The van der Waals surface area contributed by atoms with Gasteiger partial charge in [-0.25, -0.2) is 4.79 Å². The lowest BCUT2D eigenvalue weighted by Crippen LogP contribution is -2.47. The third-order valence-electron chi connectivity index (χ3n) is 4.00. The minimum Gasteiger partial charge on any atom is -0.493 e. The maximum Gasteiger partial charge on any atom is 0.346 e. The fourth-order valence-corrected chi connectivity index (χ4v) is 2.88. The number of nitro benzene ring substituents is 1. The quantitative estimate of drug-likeness (QED) is 0.358. The first-order chi connectivity index (χ1) is 13.0. The molecule has 1 amide bonds. The number of esters is 1. The van der Waals surface area contributed by atoms with Crippen molar-refractivity contribution in [3.63, 3.8) is 0 Å². The van der Waals surface area contributed by atoms with Gasteiger partial charge in [0.2, 0.25) is 0 Å². The molecule has 0 radical (unpaired) electrons. The highest BCUT2D eigenvalue weighted by atomic mass is 16.6. The average molecular weight is 396 g/mol. The molecule has 1 aromatic carbocycles. The highest BCUT2D eigenvalue weighted by Crippen LogP contribution is 2.35. The fraction of sp³-hybridized carbons (Fsp3) is 0.579. The monoisotopic (exact) mass is 396 g/mol. The minimum atomic E-state index is -1.10. The first-order valence-corrected chi connectivity index (χ1v) is 9.07. The Hall–Kier alpha value is -2.84. The van der Waals surface area contributed by atoms with Crippen LogP contribution in [-0.2, 0) is 9.53 Å². The van der Waals surface area contributed by atoms with E-state index in [0.29, 0.717) is 0 Å². The van der Waals surface area contributed by atoms with Gasteiger partial charge in [0.1, 0.15) is 5.56 Å². The van der Waals surface area contributed by atoms with E-state index in [1.54, 1.807) is 11.8 Å². The Kier molecular flexibility index (Phi) is 8.21. The summed E-state index contributed by atoms with van der Waals surface area (Å²) in [5.74, 6) is -1.06. The summed E-state index contributed by atoms with van der Waals surface area (Å²) in [7, 11) is 1.36. The van der Waals surface area contributed by atoms with Gasteiger partial charge < -0.3 is 19.1 Å². The summed E-state index contributed by atoms with van der Waals surface area (Å²) in [6, 6.07) is 2.12. The number of ether oxygens (including phenoxy) is 3. The lowest BCUT2D eigenvalue weighted by atomic mass is 10.1. The number of rotatable bonds is 9. The number of carbonyl (C=O) groups is 2. The fourth-order valence-electron chi connectivity index (χ4n) is 2.88. The smallest absolute Gasteiger partial charge is 0.346 e. The van der Waals surface area contributed by atoms with Crippen molar-refractivity contribution >= 4 is 17.6 Å². The zero-order chi connectivity index (χ0) is 21.6. The van der Waals surface area contributed by atoms with E-state index in [2.05, 4.69) is 0 Å². The molecule has 0 fully saturated rings. The first kappa shape index (κ1) is 23.2. The summed E-state index contributed by atoms with van der Waals surface area (Å²) < 4.78 is 15.7. The van der Waals surface area contributed by atoms with Crippen LogP contribution in [0.2, 0.25) is 0 Å². The molecular weight excluding hydrogens is 368 g/mol. The predicted octanol–water partition coefficient (Wildman–Crippen LogP) is 3.19. The van der Waals surface area contributed by atoms with E-state index in [9.17, 15) is 19.7 Å². The molecule has 0 N–H and O–H groups in total. The maximum atomic E-state index is 12.6. The number of benzene rings is 1. The topological polar surface area (TPSA) is 108 Å². The van der Waals surface area contributed by atoms with Crippen LogP contribution in [0, 0.1) is 10.1 Å². The predicted molar refractivity (Wildman–Crippen MR) is 103 cm³/mol. The molecule has 9 nitrogen and oxygen atoms in total. The molecule has 0 aliphatic carbocycles. The molecule has 1 rings (SSSR count). The van der Waals surface area contributed by atoms with E-state index >= 15 is 0 Å². The molecule has 1 aromatic rings. The Morgan fingerprint density at radius 3 is 2.11 bits per heavy atom. The second-order valence-electron chi connectivity index (χ2n) is 6.69. The van der Waals surface area contributed by atoms with Gasteiger partial charge in [-0.15, -0.1) is 0 Å². The Labute approximate surface area is 164 Å². The standard InChI is InChI=1S/C19H28N2O7/c1-8-27-17-10-15(21(24)25)14(9-16(17)26-7)19(23)28-13(6)18(22)20(11(2)3)12(4)5/h9-13H,8H2,1-7H3/t13-/m1/s1. The Balaban J connectivity index is 3.20. The van der Waals surface area contributed by atoms with E-state index in [4.69, 9.17) is 14.2 Å². The molecule has 0 aliphatic heterocycles. The largest absolute Gasteiger partial charge is 0.493 e. The van der Waals surface area contributed by atoms with Crippen LogP contribution in [0.4, 0.5) is 5.69 Å². The van der Waals surface area contributed by atoms with Crippen LogP contribution < -0.4 is 9.47 Å². The zero-order valence-electron chi connectivity index (χ0n) is 17.3. The van der Waals surface area contributed by atoms with Crippen molar-refractivity contribution in [3.8, 4) is 11.5 Å². The molecule has 0 unspecified atom stereocenters. The lowest BCUT2D eigenvalue weighted by molar-refractivity contribution is -0.385. The van der Waals surface area contributed by atoms with Gasteiger partial charge in [-0.3, -0.25) is 14.9 Å². The third-order valence-corrected chi connectivity index (χ3v) is 4.00. The molecule has 0 saturated carbocycles. The number of hydrogen-bond donors (Lipinski definition) is 0. The van der Waals surface area contributed by atoms with Gasteiger partial charge in [0.25, 0.3) is 11.6 Å². The highest BCUT2D eigenvalue weighted by Gasteiger charge is 2.31. The number of carbonyl (C=O) groups excluding carboxylic acids is 2. The van der Waals surface area contributed by atoms with Crippen LogP contribution in [0.15, 0.2) is 12.1 Å². The van der Waals surface area contributed by atoms with Gasteiger partial charge in [0.15, 0.2) is 17.6 Å². The van der Waals surface area contributed by atoms with Gasteiger partial charge in [-0.2, -0.15) is 0 Å². The van der Waals surface area contributed by atoms with E-state index in [1.165, 1.54) is 20.1 Å². The number of hydrogen-bond acceptors (Lipinski definition) is 7. The molecule has 1 atom stereocenters. The van der Waals surface area contributed by atoms with E-state index in [-0.39, 0.29) is 41.7 Å². The Morgan fingerprint density at radius 2 is 1.68 bits per heavy atom. The summed E-state index contributed by atoms with van der Waals surface area (Å²) in [4.78, 5) is 37.5. The van der Waals surface area contributed by atoms with Crippen molar-refractivity contribution in [3.05, 3.63) is 27.8 Å². The Morgan fingerprint density at radius 1 is 1.11 bits per heavy atom. The van der Waals surface area contributed by atoms with Crippen LogP contribution in [0.5, 0.6) is 11.5 Å². The van der Waals surface area contributed by atoms with Crippen molar-refractivity contribution in [2.24, 2.45) is 0 Å². The normalized spacial score (nSPS) is 11.9. The van der Waals surface area contributed by atoms with Crippen molar-refractivity contribution in [2.75, 3.05) is 13.7 Å². The third kappa shape index (κ3) is 5.34. The molecule has 0 aromatic heterocycles. The van der Waals surface area contributed by atoms with Crippen LogP contribution in [-0.4, -0.2) is 53.6 Å². The first-order valence-electron chi connectivity index (χ1n) is 9.07. The highest BCUT2D eigenvalue weighted by molar-refractivity contribution is 5.96. The average Bonchev–Trinajstić information content (AvgIpc) is 2.60. The summed E-state index contributed by atoms with van der Waals surface area (Å²) in [6.45, 7) is 10.8. The van der Waals surface area contributed by atoms with Gasteiger partial charge >= 0.3 is 5.97 Å². The Bertz CT molecular complexity index is 723. The van der Waals surface area contributed by atoms with Crippen LogP contribution >= 0.6 is 0 Å². The lowest BCUT2D eigenvalue weighted by Gasteiger charge is -2.32. The number of nitrogens with zero attached hydrogens (tertiary/aromatic N) is 2. The molecule has 0 heterocycles.